The number of amides is 1. The van der Waals surface area contributed by atoms with Crippen LogP contribution in [0, 0.1) is 5.41 Å². The van der Waals surface area contributed by atoms with Crippen LogP contribution < -0.4 is 11.1 Å². The third-order valence-corrected chi connectivity index (χ3v) is 3.99. The Balaban J connectivity index is 2.19. The number of nitrogens with two attached hydrogens (primary N) is 1. The minimum absolute atomic E-state index is 0.0381. The number of nitrogens with zero attached hydrogens (tertiary/aromatic N) is 1. The quantitative estimate of drug-likeness (QED) is 0.773. The second-order valence-electron chi connectivity index (χ2n) is 5.59. The average molecular weight is 259 g/mol. The summed E-state index contributed by atoms with van der Waals surface area (Å²) in [6.07, 6.45) is 0. The van der Waals surface area contributed by atoms with Crippen LogP contribution in [0.2, 0.25) is 0 Å². The first kappa shape index (κ1) is 14.8. The highest BCUT2D eigenvalue weighted by atomic mass is 32.2. The van der Waals surface area contributed by atoms with Crippen molar-refractivity contribution in [2.24, 2.45) is 11.1 Å². The predicted octanol–water partition coefficient (Wildman–Crippen LogP) is 0.525. The normalized spacial score (nSPS) is 20.0. The summed E-state index contributed by atoms with van der Waals surface area (Å²) in [4.78, 5) is 14.2. The van der Waals surface area contributed by atoms with Crippen molar-refractivity contribution in [2.75, 3.05) is 37.7 Å². The molecule has 0 bridgehead atoms. The van der Waals surface area contributed by atoms with Gasteiger partial charge in [-0.3, -0.25) is 9.69 Å². The lowest BCUT2D eigenvalue weighted by molar-refractivity contribution is -0.124. The maximum Gasteiger partial charge on any atom is 0.237 e. The molecule has 100 valence electrons. The van der Waals surface area contributed by atoms with Crippen molar-refractivity contribution in [2.45, 2.75) is 26.8 Å². The molecule has 0 spiro atoms. The Morgan fingerprint density at radius 2 is 2.00 bits per heavy atom. The first-order chi connectivity index (χ1) is 7.91. The van der Waals surface area contributed by atoms with Crippen LogP contribution in [0.3, 0.4) is 0 Å². The maximum absolute atomic E-state index is 11.8. The first-order valence-corrected chi connectivity index (χ1v) is 7.40. The minimum Gasteiger partial charge on any atom is -0.353 e. The third kappa shape index (κ3) is 5.27. The zero-order valence-corrected chi connectivity index (χ0v) is 12.0. The van der Waals surface area contributed by atoms with Crippen molar-refractivity contribution in [3.63, 3.8) is 0 Å². The van der Waals surface area contributed by atoms with Gasteiger partial charge < -0.3 is 11.1 Å². The Morgan fingerprint density at radius 1 is 1.41 bits per heavy atom. The molecule has 0 aromatic carbocycles. The Kier molecular flexibility index (Phi) is 5.76. The minimum atomic E-state index is -0.431. The lowest BCUT2D eigenvalue weighted by Gasteiger charge is -2.28. The molecule has 3 N–H and O–H groups in total. The summed E-state index contributed by atoms with van der Waals surface area (Å²) in [5, 5.41) is 2.92. The van der Waals surface area contributed by atoms with Gasteiger partial charge in [-0.05, 0) is 5.41 Å². The topological polar surface area (TPSA) is 58.4 Å². The average Bonchev–Trinajstić information content (AvgIpc) is 2.28. The number of hydrogen-bond donors (Lipinski definition) is 2. The van der Waals surface area contributed by atoms with Gasteiger partial charge in [0.25, 0.3) is 0 Å². The van der Waals surface area contributed by atoms with Crippen molar-refractivity contribution >= 4 is 17.7 Å². The standard InChI is InChI=1S/C12H25N3OS/c1-12(2,3)10(13)11(16)14-4-5-15-6-8-17-9-7-15/h10H,4-9,13H2,1-3H3,(H,14,16)/t10-/m1/s1. The van der Waals surface area contributed by atoms with Crippen molar-refractivity contribution in [3.05, 3.63) is 0 Å². The molecule has 0 saturated carbocycles. The molecular formula is C12H25N3OS. The molecule has 0 aliphatic carbocycles. The molecule has 17 heavy (non-hydrogen) atoms. The summed E-state index contributed by atoms with van der Waals surface area (Å²) in [5.74, 6) is 2.37. The SMILES string of the molecule is CC(C)(C)[C@H](N)C(=O)NCCN1CCSCC1. The molecule has 1 rings (SSSR count). The fourth-order valence-electron chi connectivity index (χ4n) is 1.67. The van der Waals surface area contributed by atoms with Crippen LogP contribution in [0.1, 0.15) is 20.8 Å². The molecule has 1 amide bonds. The number of carbonyl (C=O) groups excluding carboxylic acids is 1. The summed E-state index contributed by atoms with van der Waals surface area (Å²) < 4.78 is 0. The van der Waals surface area contributed by atoms with E-state index in [2.05, 4.69) is 10.2 Å². The summed E-state index contributed by atoms with van der Waals surface area (Å²) >= 11 is 2.00. The first-order valence-electron chi connectivity index (χ1n) is 6.24. The molecule has 1 atom stereocenters. The van der Waals surface area contributed by atoms with E-state index < -0.39 is 6.04 Å². The van der Waals surface area contributed by atoms with E-state index in [1.165, 1.54) is 11.5 Å². The fraction of sp³-hybridized carbons (Fsp3) is 0.917. The second kappa shape index (κ2) is 6.61. The molecule has 1 fully saturated rings. The van der Waals surface area contributed by atoms with Gasteiger partial charge in [-0.25, -0.2) is 0 Å². The number of thioether (sulfide) groups is 1. The highest BCUT2D eigenvalue weighted by Gasteiger charge is 2.27. The zero-order chi connectivity index (χ0) is 12.9. The van der Waals surface area contributed by atoms with E-state index in [0.29, 0.717) is 6.54 Å². The lowest BCUT2D eigenvalue weighted by atomic mass is 9.87. The third-order valence-electron chi connectivity index (χ3n) is 3.05. The van der Waals surface area contributed by atoms with Crippen molar-refractivity contribution in [3.8, 4) is 0 Å². The van der Waals surface area contributed by atoms with Gasteiger partial charge in [-0.1, -0.05) is 20.8 Å². The van der Waals surface area contributed by atoms with Crippen LogP contribution in [0.15, 0.2) is 0 Å². The highest BCUT2D eigenvalue weighted by Crippen LogP contribution is 2.17. The van der Waals surface area contributed by atoms with Gasteiger partial charge in [0, 0.05) is 37.7 Å². The van der Waals surface area contributed by atoms with Crippen LogP contribution in [0.5, 0.6) is 0 Å². The van der Waals surface area contributed by atoms with Crippen LogP contribution in [0.25, 0.3) is 0 Å². The van der Waals surface area contributed by atoms with Crippen LogP contribution >= 0.6 is 11.8 Å². The van der Waals surface area contributed by atoms with Gasteiger partial charge in [-0.15, -0.1) is 0 Å². The molecule has 0 aromatic heterocycles. The molecule has 0 unspecified atom stereocenters. The van der Waals surface area contributed by atoms with Gasteiger partial charge in [-0.2, -0.15) is 11.8 Å². The van der Waals surface area contributed by atoms with Crippen LogP contribution in [-0.4, -0.2) is 54.5 Å². The number of carbonyl (C=O) groups is 1. The smallest absolute Gasteiger partial charge is 0.237 e. The van der Waals surface area contributed by atoms with Gasteiger partial charge in [0.1, 0.15) is 0 Å². The van der Waals surface area contributed by atoms with Crippen molar-refractivity contribution < 1.29 is 4.79 Å². The Morgan fingerprint density at radius 3 is 2.53 bits per heavy atom. The van der Waals surface area contributed by atoms with Crippen LogP contribution in [-0.2, 0) is 4.79 Å². The van der Waals surface area contributed by atoms with Gasteiger partial charge in [0.15, 0.2) is 0 Å². The Bertz CT molecular complexity index is 247. The summed E-state index contributed by atoms with van der Waals surface area (Å²) in [6.45, 7) is 9.85. The van der Waals surface area contributed by atoms with E-state index in [-0.39, 0.29) is 11.3 Å². The predicted molar refractivity (Wildman–Crippen MR) is 74.2 cm³/mol. The molecule has 0 radical (unpaired) electrons. The highest BCUT2D eigenvalue weighted by molar-refractivity contribution is 7.99. The Labute approximate surface area is 109 Å². The number of rotatable bonds is 4. The van der Waals surface area contributed by atoms with E-state index in [1.54, 1.807) is 0 Å². The van der Waals surface area contributed by atoms with E-state index in [9.17, 15) is 4.79 Å². The summed E-state index contributed by atoms with van der Waals surface area (Å²) in [7, 11) is 0. The largest absolute Gasteiger partial charge is 0.353 e. The van der Waals surface area contributed by atoms with Gasteiger partial charge in [0.05, 0.1) is 6.04 Å². The van der Waals surface area contributed by atoms with Gasteiger partial charge in [0.2, 0.25) is 5.91 Å². The van der Waals surface area contributed by atoms with E-state index in [1.807, 2.05) is 32.5 Å². The van der Waals surface area contributed by atoms with Gasteiger partial charge >= 0.3 is 0 Å². The van der Waals surface area contributed by atoms with E-state index in [0.717, 1.165) is 19.6 Å². The molecule has 1 saturated heterocycles. The summed E-state index contributed by atoms with van der Waals surface area (Å²) in [6, 6.07) is -0.431. The van der Waals surface area contributed by atoms with Crippen molar-refractivity contribution in [1.29, 1.82) is 0 Å². The fourth-order valence-corrected chi connectivity index (χ4v) is 2.64. The second-order valence-corrected chi connectivity index (χ2v) is 6.81. The molecule has 4 nitrogen and oxygen atoms in total. The molecule has 1 heterocycles. The van der Waals surface area contributed by atoms with Crippen LogP contribution in [0.4, 0.5) is 0 Å². The van der Waals surface area contributed by atoms with E-state index in [4.69, 9.17) is 5.73 Å². The molecule has 0 aromatic rings. The molecule has 1 aliphatic rings. The molecule has 1 aliphatic heterocycles. The summed E-state index contributed by atoms with van der Waals surface area (Å²) in [5.41, 5.74) is 5.71. The maximum atomic E-state index is 11.8. The molecule has 5 heteroatoms. The lowest BCUT2D eigenvalue weighted by Crippen LogP contribution is -2.50. The number of nitrogens with one attached hydrogen (secondary N) is 1. The number of hydrogen-bond acceptors (Lipinski definition) is 4. The van der Waals surface area contributed by atoms with Crippen molar-refractivity contribution in [1.82, 2.24) is 10.2 Å². The van der Waals surface area contributed by atoms with E-state index >= 15 is 0 Å². The zero-order valence-electron chi connectivity index (χ0n) is 11.2. The monoisotopic (exact) mass is 259 g/mol. The molecular weight excluding hydrogens is 234 g/mol. The Hall–Kier alpha value is -0.260.